The highest BCUT2D eigenvalue weighted by Gasteiger charge is 2.48. The zero-order valence-corrected chi connectivity index (χ0v) is 16.9. The fraction of sp³-hybridized carbons (Fsp3) is 0.650. The number of ether oxygens (including phenoxy) is 4. The summed E-state index contributed by atoms with van der Waals surface area (Å²) in [4.78, 5) is 0. The standard InChI is InChI=1S/C20H27NO11/c21-6-10(9-4-2-1-3-5-9)30-20-18(28)16(26)14(24)12(32-20)8-29-19-17(27)15(25)13(23)11(7-22)31-19/h1-5,10-20,22-28H,7-8H2/t10?,11-,12-,13-,14-,15+,16+,17+,18-,19-,20-/m1/s1. The third-order valence-electron chi connectivity index (χ3n) is 5.43. The van der Waals surface area contributed by atoms with Crippen molar-refractivity contribution < 1.29 is 54.7 Å². The van der Waals surface area contributed by atoms with E-state index < -0.39 is 80.7 Å². The maximum Gasteiger partial charge on any atom is 0.188 e. The maximum absolute atomic E-state index is 10.3. The normalized spacial score (nSPS) is 41.1. The van der Waals surface area contributed by atoms with Crippen LogP contribution in [0.1, 0.15) is 11.7 Å². The molecule has 2 fully saturated rings. The fourth-order valence-electron chi connectivity index (χ4n) is 3.51. The SMILES string of the molecule is N#CC(O[C@@H]1O[C@H](CO[C@@H]2O[C@H](CO)[C@@H](O)[C@H](O)[C@@H]2O)[C@@H](O)[C@H](O)[C@H]1O)c1ccccc1. The molecule has 0 saturated carbocycles. The Morgan fingerprint density at radius 1 is 0.812 bits per heavy atom. The molecule has 0 radical (unpaired) electrons. The first-order valence-electron chi connectivity index (χ1n) is 10.00. The highest BCUT2D eigenvalue weighted by atomic mass is 16.7. The maximum atomic E-state index is 10.3. The Bertz CT molecular complexity index is 760. The molecule has 178 valence electrons. The summed E-state index contributed by atoms with van der Waals surface area (Å²) < 4.78 is 21.6. The van der Waals surface area contributed by atoms with Gasteiger partial charge in [0, 0.05) is 0 Å². The van der Waals surface area contributed by atoms with Crippen LogP contribution in [-0.4, -0.2) is 110 Å². The molecule has 12 heteroatoms. The van der Waals surface area contributed by atoms with E-state index in [9.17, 15) is 41.0 Å². The van der Waals surface area contributed by atoms with Crippen LogP contribution in [0.15, 0.2) is 30.3 Å². The lowest BCUT2D eigenvalue weighted by Crippen LogP contribution is -2.61. The molecular formula is C20H27NO11. The van der Waals surface area contributed by atoms with E-state index in [2.05, 4.69) is 0 Å². The third kappa shape index (κ3) is 5.25. The van der Waals surface area contributed by atoms with Gasteiger partial charge in [0.2, 0.25) is 0 Å². The number of aliphatic hydroxyl groups is 7. The largest absolute Gasteiger partial charge is 0.394 e. The van der Waals surface area contributed by atoms with E-state index in [0.29, 0.717) is 5.56 Å². The van der Waals surface area contributed by atoms with Gasteiger partial charge in [-0.25, -0.2) is 0 Å². The van der Waals surface area contributed by atoms with Crippen LogP contribution in [0.3, 0.4) is 0 Å². The van der Waals surface area contributed by atoms with Crippen LogP contribution >= 0.6 is 0 Å². The summed E-state index contributed by atoms with van der Waals surface area (Å²) in [5.74, 6) is 0. The van der Waals surface area contributed by atoms with E-state index >= 15 is 0 Å². The minimum Gasteiger partial charge on any atom is -0.394 e. The highest BCUT2D eigenvalue weighted by Crippen LogP contribution is 2.28. The Hall–Kier alpha value is -1.73. The van der Waals surface area contributed by atoms with Crippen molar-refractivity contribution in [3.63, 3.8) is 0 Å². The van der Waals surface area contributed by atoms with Crippen LogP contribution in [0.25, 0.3) is 0 Å². The Labute approximate surface area is 183 Å². The van der Waals surface area contributed by atoms with Gasteiger partial charge in [0.15, 0.2) is 18.7 Å². The van der Waals surface area contributed by atoms with Crippen molar-refractivity contribution in [2.75, 3.05) is 13.2 Å². The second kappa shape index (κ2) is 10.9. The Morgan fingerprint density at radius 3 is 1.97 bits per heavy atom. The topological polar surface area (TPSA) is 202 Å². The summed E-state index contributed by atoms with van der Waals surface area (Å²) in [5, 5.41) is 79.1. The summed E-state index contributed by atoms with van der Waals surface area (Å²) in [7, 11) is 0. The van der Waals surface area contributed by atoms with Gasteiger partial charge in [-0.3, -0.25) is 0 Å². The van der Waals surface area contributed by atoms with Crippen LogP contribution < -0.4 is 0 Å². The van der Waals surface area contributed by atoms with Gasteiger partial charge < -0.3 is 54.7 Å². The quantitative estimate of drug-likeness (QED) is 0.218. The average Bonchev–Trinajstić information content (AvgIpc) is 2.81. The van der Waals surface area contributed by atoms with E-state index in [4.69, 9.17) is 18.9 Å². The lowest BCUT2D eigenvalue weighted by atomic mass is 9.98. The molecule has 0 bridgehead atoms. The van der Waals surface area contributed by atoms with Gasteiger partial charge in [-0.15, -0.1) is 0 Å². The number of hydrogen-bond donors (Lipinski definition) is 7. The predicted molar refractivity (Wildman–Crippen MR) is 102 cm³/mol. The minimum absolute atomic E-state index is 0.487. The highest BCUT2D eigenvalue weighted by molar-refractivity contribution is 5.22. The first-order chi connectivity index (χ1) is 15.3. The minimum atomic E-state index is -1.70. The molecule has 0 amide bonds. The number of hydrogen-bond acceptors (Lipinski definition) is 12. The lowest BCUT2D eigenvalue weighted by Gasteiger charge is -2.43. The molecule has 11 atom stereocenters. The monoisotopic (exact) mass is 457 g/mol. The molecule has 3 rings (SSSR count). The van der Waals surface area contributed by atoms with Crippen molar-refractivity contribution in [1.29, 1.82) is 5.26 Å². The summed E-state index contributed by atoms with van der Waals surface area (Å²) in [6.07, 6.45) is -16.5. The molecule has 2 saturated heterocycles. The third-order valence-corrected chi connectivity index (χ3v) is 5.43. The molecule has 1 aromatic rings. The van der Waals surface area contributed by atoms with Crippen molar-refractivity contribution in [3.8, 4) is 6.07 Å². The van der Waals surface area contributed by atoms with Crippen LogP contribution in [0.2, 0.25) is 0 Å². The van der Waals surface area contributed by atoms with Crippen LogP contribution in [0.4, 0.5) is 0 Å². The van der Waals surface area contributed by atoms with E-state index in [-0.39, 0.29) is 0 Å². The molecule has 0 spiro atoms. The second-order valence-corrected chi connectivity index (χ2v) is 7.60. The van der Waals surface area contributed by atoms with Crippen LogP contribution in [-0.2, 0) is 18.9 Å². The van der Waals surface area contributed by atoms with Crippen molar-refractivity contribution in [2.45, 2.75) is 67.5 Å². The van der Waals surface area contributed by atoms with Gasteiger partial charge in [-0.1, -0.05) is 30.3 Å². The van der Waals surface area contributed by atoms with Gasteiger partial charge >= 0.3 is 0 Å². The Kier molecular flexibility index (Phi) is 8.50. The molecule has 1 unspecified atom stereocenters. The summed E-state index contributed by atoms with van der Waals surface area (Å²) >= 11 is 0. The number of benzene rings is 1. The molecule has 7 N–H and O–H groups in total. The van der Waals surface area contributed by atoms with E-state index in [1.54, 1.807) is 30.3 Å². The molecule has 0 aromatic heterocycles. The van der Waals surface area contributed by atoms with Crippen molar-refractivity contribution in [3.05, 3.63) is 35.9 Å². The zero-order valence-electron chi connectivity index (χ0n) is 16.9. The number of nitriles is 1. The molecule has 12 nitrogen and oxygen atoms in total. The smallest absolute Gasteiger partial charge is 0.188 e. The Morgan fingerprint density at radius 2 is 1.38 bits per heavy atom. The van der Waals surface area contributed by atoms with E-state index in [0.717, 1.165) is 0 Å². The molecule has 2 aliphatic rings. The zero-order chi connectivity index (χ0) is 23.4. The number of aliphatic hydroxyl groups excluding tert-OH is 7. The number of nitrogens with zero attached hydrogens (tertiary/aromatic N) is 1. The molecule has 0 aliphatic carbocycles. The van der Waals surface area contributed by atoms with Gasteiger partial charge in [0.25, 0.3) is 0 Å². The fourth-order valence-corrected chi connectivity index (χ4v) is 3.51. The molecule has 2 heterocycles. The van der Waals surface area contributed by atoms with Gasteiger partial charge in [0.05, 0.1) is 19.3 Å². The van der Waals surface area contributed by atoms with E-state index in [1.807, 2.05) is 6.07 Å². The molecule has 1 aromatic carbocycles. The van der Waals surface area contributed by atoms with Crippen LogP contribution in [0, 0.1) is 11.3 Å². The van der Waals surface area contributed by atoms with Gasteiger partial charge in [0.1, 0.15) is 48.8 Å². The predicted octanol–water partition coefficient (Wildman–Crippen LogP) is -3.11. The number of rotatable bonds is 7. The first kappa shape index (κ1) is 24.9. The van der Waals surface area contributed by atoms with Crippen molar-refractivity contribution >= 4 is 0 Å². The summed E-state index contributed by atoms with van der Waals surface area (Å²) in [6.45, 7) is -1.14. The summed E-state index contributed by atoms with van der Waals surface area (Å²) in [5.41, 5.74) is 0.487. The Balaban J connectivity index is 1.65. The molecule has 2 aliphatic heterocycles. The van der Waals surface area contributed by atoms with Crippen molar-refractivity contribution in [2.24, 2.45) is 0 Å². The summed E-state index contributed by atoms with van der Waals surface area (Å²) in [6, 6.07) is 10.3. The molecular weight excluding hydrogens is 430 g/mol. The molecule has 32 heavy (non-hydrogen) atoms. The average molecular weight is 457 g/mol. The van der Waals surface area contributed by atoms with Crippen LogP contribution in [0.5, 0.6) is 0 Å². The second-order valence-electron chi connectivity index (χ2n) is 7.60. The lowest BCUT2D eigenvalue weighted by molar-refractivity contribution is -0.334. The van der Waals surface area contributed by atoms with Crippen molar-refractivity contribution in [1.82, 2.24) is 0 Å². The van der Waals surface area contributed by atoms with Gasteiger partial charge in [-0.05, 0) is 5.56 Å². The van der Waals surface area contributed by atoms with Gasteiger partial charge in [-0.2, -0.15) is 5.26 Å². The van der Waals surface area contributed by atoms with E-state index in [1.165, 1.54) is 0 Å². The first-order valence-corrected chi connectivity index (χ1v) is 10.00.